The Morgan fingerprint density at radius 3 is 2.88 bits per heavy atom. The van der Waals surface area contributed by atoms with E-state index in [9.17, 15) is 4.39 Å². The molecule has 3 nitrogen and oxygen atoms in total. The third-order valence-electron chi connectivity index (χ3n) is 2.68. The van der Waals surface area contributed by atoms with Crippen molar-refractivity contribution in [2.75, 3.05) is 0 Å². The molecule has 0 saturated heterocycles. The van der Waals surface area contributed by atoms with Gasteiger partial charge in [0.15, 0.2) is 0 Å². The van der Waals surface area contributed by atoms with Crippen LogP contribution >= 0.6 is 0 Å². The molecule has 84 valence electrons. The highest BCUT2D eigenvalue weighted by atomic mass is 19.1. The van der Waals surface area contributed by atoms with Crippen molar-refractivity contribution in [1.29, 1.82) is 0 Å². The lowest BCUT2D eigenvalue weighted by molar-refractivity contribution is 0.269. The van der Waals surface area contributed by atoms with Gasteiger partial charge >= 0.3 is 0 Å². The molecule has 0 bridgehead atoms. The molecule has 0 spiro atoms. The molecule has 0 radical (unpaired) electrons. The Balaban J connectivity index is 2.39. The molecule has 0 aliphatic carbocycles. The van der Waals surface area contributed by atoms with E-state index in [-0.39, 0.29) is 18.5 Å². The van der Waals surface area contributed by atoms with E-state index in [0.717, 1.165) is 0 Å². The summed E-state index contributed by atoms with van der Waals surface area (Å²) < 4.78 is 15.3. The fourth-order valence-electron chi connectivity index (χ4n) is 1.77. The van der Waals surface area contributed by atoms with E-state index < -0.39 is 0 Å². The number of hydrogen-bond acceptors (Lipinski definition) is 2. The molecule has 16 heavy (non-hydrogen) atoms. The van der Waals surface area contributed by atoms with Crippen LogP contribution in [0.1, 0.15) is 24.2 Å². The number of nitrogens with zero attached hydrogens (tertiary/aromatic N) is 2. The molecule has 1 atom stereocenters. The molecule has 0 aliphatic heterocycles. The number of aliphatic hydroxyl groups is 1. The lowest BCUT2D eigenvalue weighted by Crippen LogP contribution is -2.10. The summed E-state index contributed by atoms with van der Waals surface area (Å²) in [5, 5.41) is 9.12. The monoisotopic (exact) mass is 220 g/mol. The van der Waals surface area contributed by atoms with Crippen molar-refractivity contribution in [3.8, 4) is 0 Å². The predicted octanol–water partition coefficient (Wildman–Crippen LogP) is 2.12. The van der Waals surface area contributed by atoms with Gasteiger partial charge in [-0.2, -0.15) is 0 Å². The smallest absolute Gasteiger partial charge is 0.128 e. The first kappa shape index (κ1) is 10.8. The van der Waals surface area contributed by atoms with Gasteiger partial charge in [-0.1, -0.05) is 18.2 Å². The summed E-state index contributed by atoms with van der Waals surface area (Å²) in [7, 11) is 0. The summed E-state index contributed by atoms with van der Waals surface area (Å²) in [5.74, 6) is -0.243. The summed E-state index contributed by atoms with van der Waals surface area (Å²) >= 11 is 0. The SMILES string of the molecule is CC(c1ccccc1F)n1cncc1CO. The molecule has 1 N–H and O–H groups in total. The first-order valence-corrected chi connectivity index (χ1v) is 5.10. The summed E-state index contributed by atoms with van der Waals surface area (Å²) in [5.41, 5.74) is 1.27. The number of aliphatic hydroxyl groups excluding tert-OH is 1. The molecule has 0 fully saturated rings. The van der Waals surface area contributed by atoms with Crippen LogP contribution in [0.25, 0.3) is 0 Å². The van der Waals surface area contributed by atoms with Gasteiger partial charge in [0, 0.05) is 5.56 Å². The van der Waals surface area contributed by atoms with Crippen LogP contribution in [0.2, 0.25) is 0 Å². The fourth-order valence-corrected chi connectivity index (χ4v) is 1.77. The molecular weight excluding hydrogens is 207 g/mol. The van der Waals surface area contributed by atoms with Gasteiger partial charge in [0.2, 0.25) is 0 Å². The second-order valence-electron chi connectivity index (χ2n) is 3.65. The van der Waals surface area contributed by atoms with Gasteiger partial charge in [-0.15, -0.1) is 0 Å². The van der Waals surface area contributed by atoms with Crippen LogP contribution in [-0.4, -0.2) is 14.7 Å². The van der Waals surface area contributed by atoms with Crippen LogP contribution in [0.3, 0.4) is 0 Å². The van der Waals surface area contributed by atoms with Gasteiger partial charge in [-0.3, -0.25) is 0 Å². The van der Waals surface area contributed by atoms with Crippen molar-refractivity contribution in [2.24, 2.45) is 0 Å². The van der Waals surface area contributed by atoms with Crippen molar-refractivity contribution in [1.82, 2.24) is 9.55 Å². The maximum atomic E-state index is 13.6. The van der Waals surface area contributed by atoms with Crippen LogP contribution in [-0.2, 0) is 6.61 Å². The Bertz CT molecular complexity index is 481. The van der Waals surface area contributed by atoms with Gasteiger partial charge in [-0.05, 0) is 13.0 Å². The number of aromatic nitrogens is 2. The van der Waals surface area contributed by atoms with Crippen molar-refractivity contribution < 1.29 is 9.50 Å². The number of rotatable bonds is 3. The van der Waals surface area contributed by atoms with Gasteiger partial charge in [0.05, 0.1) is 30.9 Å². The average molecular weight is 220 g/mol. The lowest BCUT2D eigenvalue weighted by Gasteiger charge is -2.16. The summed E-state index contributed by atoms with van der Waals surface area (Å²) in [4.78, 5) is 3.95. The summed E-state index contributed by atoms with van der Waals surface area (Å²) in [6.07, 6.45) is 3.18. The van der Waals surface area contributed by atoms with E-state index in [0.29, 0.717) is 11.3 Å². The van der Waals surface area contributed by atoms with Crippen molar-refractivity contribution in [2.45, 2.75) is 19.6 Å². The molecule has 1 heterocycles. The fraction of sp³-hybridized carbons (Fsp3) is 0.250. The Morgan fingerprint density at radius 1 is 1.44 bits per heavy atom. The Hall–Kier alpha value is -1.68. The molecule has 0 saturated carbocycles. The third kappa shape index (κ3) is 1.84. The predicted molar refractivity (Wildman–Crippen MR) is 58.4 cm³/mol. The van der Waals surface area contributed by atoms with Gasteiger partial charge in [0.25, 0.3) is 0 Å². The third-order valence-corrected chi connectivity index (χ3v) is 2.68. The molecule has 4 heteroatoms. The molecular formula is C12H13FN2O. The molecule has 1 aromatic heterocycles. The van der Waals surface area contributed by atoms with Crippen LogP contribution in [0.5, 0.6) is 0 Å². The number of imidazole rings is 1. The second-order valence-corrected chi connectivity index (χ2v) is 3.65. The van der Waals surface area contributed by atoms with Crippen LogP contribution in [0, 0.1) is 5.82 Å². The highest BCUT2D eigenvalue weighted by Crippen LogP contribution is 2.22. The highest BCUT2D eigenvalue weighted by molar-refractivity contribution is 5.22. The molecule has 2 aromatic rings. The quantitative estimate of drug-likeness (QED) is 0.860. The normalized spacial score (nSPS) is 12.7. The molecule has 0 aliphatic rings. The van der Waals surface area contributed by atoms with Gasteiger partial charge in [-0.25, -0.2) is 9.37 Å². The number of halogens is 1. The van der Waals surface area contributed by atoms with Gasteiger partial charge < -0.3 is 9.67 Å². The molecule has 1 aromatic carbocycles. The minimum absolute atomic E-state index is 0.0984. The number of hydrogen-bond donors (Lipinski definition) is 1. The van der Waals surface area contributed by atoms with Crippen molar-refractivity contribution >= 4 is 0 Å². The molecule has 0 amide bonds. The minimum Gasteiger partial charge on any atom is -0.390 e. The first-order chi connectivity index (χ1) is 7.74. The van der Waals surface area contributed by atoms with E-state index in [4.69, 9.17) is 5.11 Å². The van der Waals surface area contributed by atoms with Gasteiger partial charge in [0.1, 0.15) is 5.82 Å². The Morgan fingerprint density at radius 2 is 2.19 bits per heavy atom. The summed E-state index contributed by atoms with van der Waals surface area (Å²) in [6.45, 7) is 1.78. The van der Waals surface area contributed by atoms with E-state index >= 15 is 0 Å². The lowest BCUT2D eigenvalue weighted by atomic mass is 10.1. The number of benzene rings is 1. The zero-order valence-corrected chi connectivity index (χ0v) is 8.97. The minimum atomic E-state index is -0.243. The van der Waals surface area contributed by atoms with Crippen molar-refractivity contribution in [3.05, 3.63) is 53.9 Å². The maximum absolute atomic E-state index is 13.6. The van der Waals surface area contributed by atoms with E-state index in [2.05, 4.69) is 4.98 Å². The molecule has 2 rings (SSSR count). The highest BCUT2D eigenvalue weighted by Gasteiger charge is 2.14. The van der Waals surface area contributed by atoms with Crippen molar-refractivity contribution in [3.63, 3.8) is 0 Å². The second kappa shape index (κ2) is 4.45. The summed E-state index contributed by atoms with van der Waals surface area (Å²) in [6, 6.07) is 6.45. The van der Waals surface area contributed by atoms with E-state index in [1.807, 2.05) is 6.92 Å². The van der Waals surface area contributed by atoms with Crippen LogP contribution in [0.15, 0.2) is 36.8 Å². The Labute approximate surface area is 93.2 Å². The average Bonchev–Trinajstić information content (AvgIpc) is 2.77. The first-order valence-electron chi connectivity index (χ1n) is 5.10. The maximum Gasteiger partial charge on any atom is 0.128 e. The zero-order valence-electron chi connectivity index (χ0n) is 8.97. The van der Waals surface area contributed by atoms with E-state index in [1.54, 1.807) is 35.3 Å². The van der Waals surface area contributed by atoms with E-state index in [1.165, 1.54) is 6.07 Å². The Kier molecular flexibility index (Phi) is 3.01. The topological polar surface area (TPSA) is 38.0 Å². The molecule has 1 unspecified atom stereocenters. The van der Waals surface area contributed by atoms with Crippen LogP contribution in [0.4, 0.5) is 4.39 Å². The zero-order chi connectivity index (χ0) is 11.5. The largest absolute Gasteiger partial charge is 0.390 e. The van der Waals surface area contributed by atoms with Crippen LogP contribution < -0.4 is 0 Å². The standard InChI is InChI=1S/C12H13FN2O/c1-9(11-4-2-3-5-12(11)13)15-8-14-6-10(15)7-16/h2-6,8-9,16H,7H2,1H3.